The summed E-state index contributed by atoms with van der Waals surface area (Å²) in [6, 6.07) is 9.38. The summed E-state index contributed by atoms with van der Waals surface area (Å²) in [6.07, 6.45) is -3.89. The molecule has 3 nitrogen and oxygen atoms in total. The topological polar surface area (TPSA) is 43.4 Å². The lowest BCUT2D eigenvalue weighted by Gasteiger charge is -2.21. The minimum absolute atomic E-state index is 0.0979. The second kappa shape index (κ2) is 5.83. The van der Waals surface area contributed by atoms with Crippen LogP contribution in [0.2, 0.25) is 0 Å². The van der Waals surface area contributed by atoms with Crippen LogP contribution in [-0.2, 0) is 11.2 Å². The molecule has 20 heavy (non-hydrogen) atoms. The third-order valence-corrected chi connectivity index (χ3v) is 3.68. The van der Waals surface area contributed by atoms with E-state index in [-0.39, 0.29) is 13.1 Å². The van der Waals surface area contributed by atoms with Crippen LogP contribution < -0.4 is 5.11 Å². The van der Waals surface area contributed by atoms with Gasteiger partial charge in [0.2, 0.25) is 0 Å². The van der Waals surface area contributed by atoms with E-state index in [0.717, 1.165) is 5.56 Å². The highest BCUT2D eigenvalue weighted by Crippen LogP contribution is 2.37. The highest BCUT2D eigenvalue weighted by atomic mass is 19.4. The molecule has 110 valence electrons. The van der Waals surface area contributed by atoms with E-state index in [4.69, 9.17) is 0 Å². The highest BCUT2D eigenvalue weighted by molar-refractivity contribution is 5.69. The third kappa shape index (κ3) is 3.50. The molecule has 0 aromatic heterocycles. The van der Waals surface area contributed by atoms with Crippen molar-refractivity contribution in [2.45, 2.75) is 12.6 Å². The van der Waals surface area contributed by atoms with Crippen molar-refractivity contribution in [3.05, 3.63) is 35.9 Å². The van der Waals surface area contributed by atoms with Gasteiger partial charge in [0.25, 0.3) is 0 Å². The summed E-state index contributed by atoms with van der Waals surface area (Å²) in [5.41, 5.74) is 1.02. The zero-order chi connectivity index (χ0) is 14.8. The molecule has 0 bridgehead atoms. The molecular weight excluding hydrogens is 271 g/mol. The van der Waals surface area contributed by atoms with E-state index in [1.54, 1.807) is 4.90 Å². The summed E-state index contributed by atoms with van der Waals surface area (Å²) in [4.78, 5) is 12.4. The number of carboxylic acid groups (broad SMARTS) is 1. The molecule has 2 rings (SSSR count). The van der Waals surface area contributed by atoms with E-state index in [0.29, 0.717) is 13.0 Å². The van der Waals surface area contributed by atoms with Crippen LogP contribution in [0.1, 0.15) is 5.56 Å². The van der Waals surface area contributed by atoms with Crippen molar-refractivity contribution in [2.24, 2.45) is 11.8 Å². The Morgan fingerprint density at radius 3 is 2.40 bits per heavy atom. The maximum atomic E-state index is 12.8. The van der Waals surface area contributed by atoms with Crippen LogP contribution in [0.25, 0.3) is 0 Å². The number of benzene rings is 1. The largest absolute Gasteiger partial charge is 0.550 e. The van der Waals surface area contributed by atoms with Gasteiger partial charge in [0.15, 0.2) is 0 Å². The number of carbonyl (C=O) groups is 1. The first-order valence-electron chi connectivity index (χ1n) is 6.42. The first-order chi connectivity index (χ1) is 9.38. The van der Waals surface area contributed by atoms with Gasteiger partial charge in [-0.05, 0) is 12.0 Å². The maximum Gasteiger partial charge on any atom is 0.393 e. The zero-order valence-electron chi connectivity index (χ0n) is 10.8. The average molecular weight is 286 g/mol. The predicted octanol–water partition coefficient (Wildman–Crippen LogP) is 1.09. The fourth-order valence-corrected chi connectivity index (χ4v) is 2.57. The molecule has 1 fully saturated rings. The summed E-state index contributed by atoms with van der Waals surface area (Å²) in [5.74, 6) is -4.91. The van der Waals surface area contributed by atoms with Gasteiger partial charge in [-0.2, -0.15) is 13.2 Å². The third-order valence-electron chi connectivity index (χ3n) is 3.68. The number of hydrogen-bond acceptors (Lipinski definition) is 3. The van der Waals surface area contributed by atoms with Gasteiger partial charge in [-0.3, -0.25) is 0 Å². The number of halogens is 3. The van der Waals surface area contributed by atoms with Crippen molar-refractivity contribution >= 4 is 5.97 Å². The Morgan fingerprint density at radius 1 is 1.25 bits per heavy atom. The predicted molar refractivity (Wildman–Crippen MR) is 64.6 cm³/mol. The maximum absolute atomic E-state index is 12.8. The van der Waals surface area contributed by atoms with Crippen LogP contribution in [0.5, 0.6) is 0 Å². The molecule has 1 heterocycles. The molecule has 1 aliphatic heterocycles. The first kappa shape index (κ1) is 14.8. The number of aliphatic carboxylic acids is 1. The second-order valence-corrected chi connectivity index (χ2v) is 5.07. The SMILES string of the molecule is O=C([O-])[C@@H]1CN(CCc2ccccc2)C[C@H]1C(F)(F)F. The molecule has 0 saturated carbocycles. The van der Waals surface area contributed by atoms with E-state index in [9.17, 15) is 23.1 Å². The standard InChI is InChI=1S/C14H16F3NO2/c15-14(16,17)12-9-18(8-11(12)13(19)20)7-6-10-4-2-1-3-5-10/h1-5,11-12H,6-9H2,(H,19,20)/p-1/t11-,12-/m1/s1. The molecular formula is C14H15F3NO2-. The number of rotatable bonds is 4. The van der Waals surface area contributed by atoms with Crippen molar-refractivity contribution in [2.75, 3.05) is 19.6 Å². The number of hydrogen-bond donors (Lipinski definition) is 0. The van der Waals surface area contributed by atoms with Gasteiger partial charge in [0.1, 0.15) is 0 Å². The van der Waals surface area contributed by atoms with Crippen LogP contribution in [-0.4, -0.2) is 36.7 Å². The molecule has 0 amide bonds. The quantitative estimate of drug-likeness (QED) is 0.832. The molecule has 0 aliphatic carbocycles. The minimum Gasteiger partial charge on any atom is -0.550 e. The highest BCUT2D eigenvalue weighted by Gasteiger charge is 2.49. The number of carbonyl (C=O) groups excluding carboxylic acids is 1. The first-order valence-corrected chi connectivity index (χ1v) is 6.42. The molecule has 1 aliphatic rings. The lowest BCUT2D eigenvalue weighted by molar-refractivity contribution is -0.316. The van der Waals surface area contributed by atoms with E-state index >= 15 is 0 Å². The van der Waals surface area contributed by atoms with Crippen LogP contribution in [0.3, 0.4) is 0 Å². The van der Waals surface area contributed by atoms with Crippen LogP contribution >= 0.6 is 0 Å². The summed E-state index contributed by atoms with van der Waals surface area (Å²) < 4.78 is 38.4. The lowest BCUT2D eigenvalue weighted by atomic mass is 9.96. The Kier molecular flexibility index (Phi) is 4.32. The lowest BCUT2D eigenvalue weighted by Crippen LogP contribution is -2.41. The van der Waals surface area contributed by atoms with Crippen molar-refractivity contribution in [3.8, 4) is 0 Å². The van der Waals surface area contributed by atoms with E-state index < -0.39 is 24.0 Å². The van der Waals surface area contributed by atoms with Gasteiger partial charge in [-0.25, -0.2) is 0 Å². The summed E-state index contributed by atoms with van der Waals surface area (Å²) in [6.45, 7) is 0.0503. The van der Waals surface area contributed by atoms with Crippen molar-refractivity contribution in [3.63, 3.8) is 0 Å². The number of likely N-dealkylation sites (tertiary alicyclic amines) is 1. The van der Waals surface area contributed by atoms with Gasteiger partial charge in [0, 0.05) is 31.5 Å². The van der Waals surface area contributed by atoms with Gasteiger partial charge in [-0.15, -0.1) is 0 Å². The van der Waals surface area contributed by atoms with E-state index in [2.05, 4.69) is 0 Å². The molecule has 2 atom stereocenters. The van der Waals surface area contributed by atoms with Gasteiger partial charge >= 0.3 is 6.18 Å². The summed E-state index contributed by atoms with van der Waals surface area (Å²) >= 11 is 0. The van der Waals surface area contributed by atoms with Crippen molar-refractivity contribution in [1.82, 2.24) is 4.90 Å². The van der Waals surface area contributed by atoms with Crippen LogP contribution in [0, 0.1) is 11.8 Å². The summed E-state index contributed by atoms with van der Waals surface area (Å²) in [5, 5.41) is 10.8. The van der Waals surface area contributed by atoms with Crippen molar-refractivity contribution in [1.29, 1.82) is 0 Å². The number of nitrogens with zero attached hydrogens (tertiary/aromatic N) is 1. The molecule has 0 spiro atoms. The Morgan fingerprint density at radius 2 is 1.90 bits per heavy atom. The fourth-order valence-electron chi connectivity index (χ4n) is 2.57. The monoisotopic (exact) mass is 286 g/mol. The Hall–Kier alpha value is -1.56. The van der Waals surface area contributed by atoms with E-state index in [1.807, 2.05) is 30.3 Å². The molecule has 6 heteroatoms. The molecule has 0 N–H and O–H groups in total. The zero-order valence-corrected chi connectivity index (χ0v) is 10.8. The number of carboxylic acids is 1. The van der Waals surface area contributed by atoms with Crippen LogP contribution in [0.15, 0.2) is 30.3 Å². The summed E-state index contributed by atoms with van der Waals surface area (Å²) in [7, 11) is 0. The molecule has 1 aromatic rings. The fraction of sp³-hybridized carbons (Fsp3) is 0.500. The second-order valence-electron chi connectivity index (χ2n) is 5.07. The molecule has 1 aromatic carbocycles. The van der Waals surface area contributed by atoms with Gasteiger partial charge in [-0.1, -0.05) is 30.3 Å². The Bertz CT molecular complexity index is 461. The number of alkyl halides is 3. The minimum atomic E-state index is -4.49. The smallest absolute Gasteiger partial charge is 0.393 e. The Labute approximate surface area is 115 Å². The Balaban J connectivity index is 1.96. The molecule has 0 radical (unpaired) electrons. The molecule has 0 unspecified atom stereocenters. The molecule has 1 saturated heterocycles. The normalized spacial score (nSPS) is 23.9. The van der Waals surface area contributed by atoms with Gasteiger partial charge < -0.3 is 14.8 Å². The van der Waals surface area contributed by atoms with Gasteiger partial charge in [0.05, 0.1) is 5.92 Å². The average Bonchev–Trinajstić information content (AvgIpc) is 2.82. The van der Waals surface area contributed by atoms with Crippen molar-refractivity contribution < 1.29 is 23.1 Å². The van der Waals surface area contributed by atoms with Crippen LogP contribution in [0.4, 0.5) is 13.2 Å². The van der Waals surface area contributed by atoms with E-state index in [1.165, 1.54) is 0 Å².